The summed E-state index contributed by atoms with van der Waals surface area (Å²) in [6.45, 7) is 15.4. The quantitative estimate of drug-likeness (QED) is 0.465. The lowest BCUT2D eigenvalue weighted by atomic mass is 10.0. The van der Waals surface area contributed by atoms with Gasteiger partial charge in [-0.25, -0.2) is 4.68 Å². The van der Waals surface area contributed by atoms with Gasteiger partial charge in [-0.05, 0) is 43.9 Å². The molecule has 192 valence electrons. The molecule has 1 amide bonds. The van der Waals surface area contributed by atoms with E-state index in [9.17, 15) is 4.79 Å². The van der Waals surface area contributed by atoms with Gasteiger partial charge in [0, 0.05) is 44.7 Å². The van der Waals surface area contributed by atoms with E-state index in [2.05, 4.69) is 71.3 Å². The molecule has 6 nitrogen and oxygen atoms in total. The van der Waals surface area contributed by atoms with Crippen molar-refractivity contribution in [2.24, 2.45) is 11.8 Å². The Bertz CT molecular complexity index is 939. The molecule has 6 heteroatoms. The standard InChI is InChI=1S/C29H45N5O/c1-5-31-17-19-32(20-18-31)29-27(24(4)30-34(29)26-13-7-6-8-14-26)22-33(21-23(2)3)28(35)16-15-25-11-9-10-12-25/h6-8,13-14,23,25H,5,9-12,15-22H2,1-4H3. The van der Waals surface area contributed by atoms with Crippen LogP contribution in [0.4, 0.5) is 5.82 Å². The third kappa shape index (κ3) is 6.46. The van der Waals surface area contributed by atoms with Gasteiger partial charge in [0.2, 0.25) is 5.91 Å². The number of amides is 1. The summed E-state index contributed by atoms with van der Waals surface area (Å²) in [5, 5.41) is 5.02. The summed E-state index contributed by atoms with van der Waals surface area (Å²) in [7, 11) is 0. The van der Waals surface area contributed by atoms with Gasteiger partial charge < -0.3 is 14.7 Å². The van der Waals surface area contributed by atoms with Gasteiger partial charge in [-0.2, -0.15) is 5.10 Å². The number of likely N-dealkylation sites (N-methyl/N-ethyl adjacent to an activating group) is 1. The summed E-state index contributed by atoms with van der Waals surface area (Å²) >= 11 is 0. The molecule has 4 rings (SSSR count). The fraction of sp³-hybridized carbons (Fsp3) is 0.655. The highest BCUT2D eigenvalue weighted by Crippen LogP contribution is 2.31. The molecule has 1 aliphatic carbocycles. The first kappa shape index (κ1) is 25.7. The second-order valence-corrected chi connectivity index (χ2v) is 10.9. The Labute approximate surface area is 212 Å². The largest absolute Gasteiger partial charge is 0.354 e. The minimum atomic E-state index is 0.305. The SMILES string of the molecule is CCN1CCN(c2c(CN(CC(C)C)C(=O)CCC3CCCC3)c(C)nn2-c2ccccc2)CC1. The molecular formula is C29H45N5O. The zero-order valence-electron chi connectivity index (χ0n) is 22.4. The van der Waals surface area contributed by atoms with Crippen LogP contribution in [0, 0.1) is 18.8 Å². The summed E-state index contributed by atoms with van der Waals surface area (Å²) in [5.74, 6) is 2.65. The van der Waals surface area contributed by atoms with Crippen molar-refractivity contribution in [3.8, 4) is 5.69 Å². The number of benzene rings is 1. The van der Waals surface area contributed by atoms with E-state index in [0.29, 0.717) is 24.8 Å². The molecule has 0 bridgehead atoms. The maximum atomic E-state index is 13.5. The van der Waals surface area contributed by atoms with Crippen LogP contribution in [-0.4, -0.2) is 64.8 Å². The number of rotatable bonds is 10. The molecule has 1 saturated carbocycles. The molecule has 0 N–H and O–H groups in total. The van der Waals surface area contributed by atoms with E-state index >= 15 is 0 Å². The number of hydrogen-bond acceptors (Lipinski definition) is 4. The van der Waals surface area contributed by atoms with E-state index in [1.165, 1.54) is 37.1 Å². The number of para-hydroxylation sites is 1. The molecule has 2 fully saturated rings. The lowest BCUT2D eigenvalue weighted by molar-refractivity contribution is -0.132. The van der Waals surface area contributed by atoms with Gasteiger partial charge in [0.1, 0.15) is 5.82 Å². The first-order valence-corrected chi connectivity index (χ1v) is 13.8. The maximum absolute atomic E-state index is 13.5. The fourth-order valence-corrected chi connectivity index (χ4v) is 5.75. The second-order valence-electron chi connectivity index (χ2n) is 10.9. The number of piperazine rings is 1. The second kappa shape index (κ2) is 12.1. The predicted molar refractivity (Wildman–Crippen MR) is 144 cm³/mol. The van der Waals surface area contributed by atoms with Crippen LogP contribution in [0.25, 0.3) is 5.69 Å². The molecule has 2 heterocycles. The number of aryl methyl sites for hydroxylation is 1. The number of carbonyl (C=O) groups is 1. The molecule has 0 spiro atoms. The van der Waals surface area contributed by atoms with Crippen molar-refractivity contribution < 1.29 is 4.79 Å². The average molecular weight is 480 g/mol. The summed E-state index contributed by atoms with van der Waals surface area (Å²) in [6.07, 6.45) is 6.99. The molecule has 2 aliphatic rings. The van der Waals surface area contributed by atoms with Crippen molar-refractivity contribution in [1.29, 1.82) is 0 Å². The van der Waals surface area contributed by atoms with Gasteiger partial charge in [0.15, 0.2) is 0 Å². The number of anilines is 1. The van der Waals surface area contributed by atoms with E-state index in [1.54, 1.807) is 0 Å². The maximum Gasteiger partial charge on any atom is 0.222 e. The number of aromatic nitrogens is 2. The van der Waals surface area contributed by atoms with Crippen LogP contribution in [0.1, 0.15) is 70.6 Å². The van der Waals surface area contributed by atoms with Crippen LogP contribution < -0.4 is 4.90 Å². The molecule has 0 radical (unpaired) electrons. The third-order valence-corrected chi connectivity index (χ3v) is 7.81. The predicted octanol–water partition coefficient (Wildman–Crippen LogP) is 5.28. The minimum absolute atomic E-state index is 0.305. The highest BCUT2D eigenvalue weighted by molar-refractivity contribution is 5.76. The topological polar surface area (TPSA) is 44.6 Å². The van der Waals surface area contributed by atoms with Crippen molar-refractivity contribution >= 4 is 11.7 Å². The van der Waals surface area contributed by atoms with Crippen LogP contribution in [0.3, 0.4) is 0 Å². The van der Waals surface area contributed by atoms with Gasteiger partial charge in [-0.15, -0.1) is 0 Å². The highest BCUT2D eigenvalue weighted by Gasteiger charge is 2.28. The van der Waals surface area contributed by atoms with Crippen LogP contribution in [0.2, 0.25) is 0 Å². The Balaban J connectivity index is 1.61. The Morgan fingerprint density at radius 3 is 2.40 bits per heavy atom. The molecule has 1 aromatic carbocycles. The minimum Gasteiger partial charge on any atom is -0.354 e. The lowest BCUT2D eigenvalue weighted by Gasteiger charge is -2.36. The first-order valence-electron chi connectivity index (χ1n) is 13.8. The number of carbonyl (C=O) groups excluding carboxylic acids is 1. The van der Waals surface area contributed by atoms with E-state index in [0.717, 1.165) is 63.0 Å². The highest BCUT2D eigenvalue weighted by atomic mass is 16.2. The smallest absolute Gasteiger partial charge is 0.222 e. The Hall–Kier alpha value is -2.34. The number of hydrogen-bond donors (Lipinski definition) is 0. The average Bonchev–Trinajstić information content (AvgIpc) is 3.50. The van der Waals surface area contributed by atoms with E-state index in [4.69, 9.17) is 5.10 Å². The van der Waals surface area contributed by atoms with E-state index < -0.39 is 0 Å². The Morgan fingerprint density at radius 1 is 1.09 bits per heavy atom. The summed E-state index contributed by atoms with van der Waals surface area (Å²) in [6, 6.07) is 10.4. The normalized spacial score (nSPS) is 17.5. The summed E-state index contributed by atoms with van der Waals surface area (Å²) in [4.78, 5) is 20.6. The van der Waals surface area contributed by atoms with Gasteiger partial charge in [0.25, 0.3) is 0 Å². The van der Waals surface area contributed by atoms with Crippen molar-refractivity contribution in [3.63, 3.8) is 0 Å². The first-order chi connectivity index (χ1) is 17.0. The third-order valence-electron chi connectivity index (χ3n) is 7.81. The van der Waals surface area contributed by atoms with Crippen molar-refractivity contribution in [2.75, 3.05) is 44.2 Å². The van der Waals surface area contributed by atoms with Crippen LogP contribution in [-0.2, 0) is 11.3 Å². The summed E-state index contributed by atoms with van der Waals surface area (Å²) < 4.78 is 2.11. The van der Waals surface area contributed by atoms with Crippen molar-refractivity contribution in [3.05, 3.63) is 41.6 Å². The molecule has 2 aromatic rings. The van der Waals surface area contributed by atoms with Crippen LogP contribution in [0.15, 0.2) is 30.3 Å². The van der Waals surface area contributed by atoms with E-state index in [-0.39, 0.29) is 0 Å². The zero-order chi connectivity index (χ0) is 24.8. The Kier molecular flexibility index (Phi) is 8.88. The molecule has 1 aliphatic heterocycles. The van der Waals surface area contributed by atoms with Crippen molar-refractivity contribution in [2.45, 2.75) is 72.8 Å². The van der Waals surface area contributed by atoms with Gasteiger partial charge in [0.05, 0.1) is 17.9 Å². The summed E-state index contributed by atoms with van der Waals surface area (Å²) in [5.41, 5.74) is 3.31. The monoisotopic (exact) mass is 479 g/mol. The fourth-order valence-electron chi connectivity index (χ4n) is 5.75. The molecule has 0 unspecified atom stereocenters. The van der Waals surface area contributed by atoms with Crippen molar-refractivity contribution in [1.82, 2.24) is 19.6 Å². The number of nitrogens with zero attached hydrogens (tertiary/aromatic N) is 5. The molecule has 1 aromatic heterocycles. The van der Waals surface area contributed by atoms with Gasteiger partial charge in [-0.1, -0.05) is 64.7 Å². The molecular weight excluding hydrogens is 434 g/mol. The van der Waals surface area contributed by atoms with E-state index in [1.807, 2.05) is 6.07 Å². The lowest BCUT2D eigenvalue weighted by Crippen LogP contribution is -2.47. The van der Waals surface area contributed by atoms with Gasteiger partial charge in [-0.3, -0.25) is 4.79 Å². The van der Waals surface area contributed by atoms with Crippen LogP contribution >= 0.6 is 0 Å². The molecule has 35 heavy (non-hydrogen) atoms. The zero-order valence-corrected chi connectivity index (χ0v) is 22.4. The van der Waals surface area contributed by atoms with Crippen LogP contribution in [0.5, 0.6) is 0 Å². The Morgan fingerprint density at radius 2 is 1.77 bits per heavy atom. The molecule has 0 atom stereocenters. The molecule has 1 saturated heterocycles. The van der Waals surface area contributed by atoms with Gasteiger partial charge >= 0.3 is 0 Å².